The number of carbonyl (C=O) groups is 2. The molecular formula is C19H31N3O3. The SMILES string of the molecule is O=C(O)C1CCC(NC(=O)N2CCN(C3CC4CCC3C4)CC2)CC1. The second-order valence-electron chi connectivity index (χ2n) is 8.60. The van der Waals surface area contributed by atoms with E-state index in [-0.39, 0.29) is 18.0 Å². The van der Waals surface area contributed by atoms with Gasteiger partial charge >= 0.3 is 12.0 Å². The summed E-state index contributed by atoms with van der Waals surface area (Å²) in [6.45, 7) is 3.66. The number of rotatable bonds is 3. The topological polar surface area (TPSA) is 72.9 Å². The quantitative estimate of drug-likeness (QED) is 0.819. The van der Waals surface area contributed by atoms with Gasteiger partial charge in [0.1, 0.15) is 0 Å². The second-order valence-corrected chi connectivity index (χ2v) is 8.60. The van der Waals surface area contributed by atoms with Crippen molar-refractivity contribution in [1.29, 1.82) is 0 Å². The third kappa shape index (κ3) is 3.64. The van der Waals surface area contributed by atoms with Crippen molar-refractivity contribution < 1.29 is 14.7 Å². The average Bonchev–Trinajstić information content (AvgIpc) is 3.25. The molecule has 6 nitrogen and oxygen atoms in total. The van der Waals surface area contributed by atoms with Crippen LogP contribution in [0.15, 0.2) is 0 Å². The van der Waals surface area contributed by atoms with Gasteiger partial charge in [-0.3, -0.25) is 9.69 Å². The van der Waals surface area contributed by atoms with E-state index in [1.165, 1.54) is 25.7 Å². The molecule has 4 aliphatic rings. The third-order valence-corrected chi connectivity index (χ3v) is 7.18. The van der Waals surface area contributed by atoms with Crippen molar-refractivity contribution in [1.82, 2.24) is 15.1 Å². The van der Waals surface area contributed by atoms with Crippen LogP contribution in [0.1, 0.15) is 51.4 Å². The Labute approximate surface area is 149 Å². The number of carbonyl (C=O) groups excluding carboxylic acids is 1. The maximum Gasteiger partial charge on any atom is 0.317 e. The van der Waals surface area contributed by atoms with Crippen LogP contribution in [0.2, 0.25) is 0 Å². The molecule has 4 fully saturated rings. The van der Waals surface area contributed by atoms with E-state index in [1.807, 2.05) is 4.90 Å². The zero-order chi connectivity index (χ0) is 17.4. The van der Waals surface area contributed by atoms with E-state index in [1.54, 1.807) is 0 Å². The molecule has 1 saturated heterocycles. The average molecular weight is 349 g/mol. The second kappa shape index (κ2) is 7.14. The number of hydrogen-bond acceptors (Lipinski definition) is 3. The molecule has 3 saturated carbocycles. The summed E-state index contributed by atoms with van der Waals surface area (Å²) < 4.78 is 0. The summed E-state index contributed by atoms with van der Waals surface area (Å²) in [4.78, 5) is 28.1. The van der Waals surface area contributed by atoms with Gasteiger partial charge in [-0.1, -0.05) is 6.42 Å². The molecular weight excluding hydrogens is 318 g/mol. The van der Waals surface area contributed by atoms with Gasteiger partial charge in [-0.25, -0.2) is 4.79 Å². The van der Waals surface area contributed by atoms with Crippen molar-refractivity contribution in [3.63, 3.8) is 0 Å². The van der Waals surface area contributed by atoms with Crippen LogP contribution in [-0.2, 0) is 4.79 Å². The van der Waals surface area contributed by atoms with Crippen LogP contribution in [0.25, 0.3) is 0 Å². The molecule has 0 aromatic heterocycles. The molecule has 25 heavy (non-hydrogen) atoms. The number of urea groups is 1. The maximum atomic E-state index is 12.5. The number of nitrogens with one attached hydrogen (secondary N) is 1. The van der Waals surface area contributed by atoms with E-state index >= 15 is 0 Å². The molecule has 3 unspecified atom stereocenters. The summed E-state index contributed by atoms with van der Waals surface area (Å²) in [6, 6.07) is 0.966. The van der Waals surface area contributed by atoms with Crippen LogP contribution < -0.4 is 5.32 Å². The van der Waals surface area contributed by atoms with Gasteiger partial charge in [-0.15, -0.1) is 0 Å². The number of piperazine rings is 1. The Hall–Kier alpha value is -1.30. The first-order chi connectivity index (χ1) is 12.1. The van der Waals surface area contributed by atoms with Crippen LogP contribution in [0, 0.1) is 17.8 Å². The summed E-state index contributed by atoms with van der Waals surface area (Å²) in [6.07, 6.45) is 8.59. The summed E-state index contributed by atoms with van der Waals surface area (Å²) in [7, 11) is 0. The van der Waals surface area contributed by atoms with Gasteiger partial charge in [0.2, 0.25) is 0 Å². The zero-order valence-electron chi connectivity index (χ0n) is 15.0. The number of aliphatic carboxylic acids is 1. The highest BCUT2D eigenvalue weighted by Crippen LogP contribution is 2.46. The Kier molecular flexibility index (Phi) is 4.89. The van der Waals surface area contributed by atoms with E-state index in [2.05, 4.69) is 10.2 Å². The van der Waals surface area contributed by atoms with E-state index in [0.29, 0.717) is 12.8 Å². The summed E-state index contributed by atoms with van der Waals surface area (Å²) in [5.74, 6) is 0.965. The lowest BCUT2D eigenvalue weighted by Crippen LogP contribution is -2.56. The Morgan fingerprint density at radius 3 is 2.16 bits per heavy atom. The standard InChI is InChI=1S/C19H31N3O3/c23-18(24)14-3-5-16(6-4-14)20-19(25)22-9-7-21(8-10-22)17-12-13-1-2-15(17)11-13/h13-17H,1-12H2,(H,20,25)(H,23,24). The van der Waals surface area contributed by atoms with Gasteiger partial charge < -0.3 is 15.3 Å². The molecule has 0 aromatic carbocycles. The molecule has 0 aromatic rings. The third-order valence-electron chi connectivity index (χ3n) is 7.18. The Bertz CT molecular complexity index is 510. The van der Waals surface area contributed by atoms with Gasteiger partial charge in [0.25, 0.3) is 0 Å². The number of nitrogens with zero attached hydrogens (tertiary/aromatic N) is 2. The predicted octanol–water partition coefficient (Wildman–Crippen LogP) is 2.15. The molecule has 3 atom stereocenters. The molecule has 0 spiro atoms. The molecule has 1 heterocycles. The molecule has 140 valence electrons. The fraction of sp³-hybridized carbons (Fsp3) is 0.895. The van der Waals surface area contributed by atoms with Crippen molar-refractivity contribution >= 4 is 12.0 Å². The molecule has 2 N–H and O–H groups in total. The fourth-order valence-electron chi connectivity index (χ4n) is 5.67. The van der Waals surface area contributed by atoms with Gasteiger partial charge in [-0.05, 0) is 56.8 Å². The highest BCUT2D eigenvalue weighted by Gasteiger charge is 2.43. The van der Waals surface area contributed by atoms with E-state index in [4.69, 9.17) is 5.11 Å². The highest BCUT2D eigenvalue weighted by molar-refractivity contribution is 5.75. The van der Waals surface area contributed by atoms with Crippen molar-refractivity contribution in [2.75, 3.05) is 26.2 Å². The molecule has 2 bridgehead atoms. The van der Waals surface area contributed by atoms with Crippen LogP contribution in [0.4, 0.5) is 4.79 Å². The number of carboxylic acid groups (broad SMARTS) is 1. The first-order valence-electron chi connectivity index (χ1n) is 10.1. The lowest BCUT2D eigenvalue weighted by atomic mass is 9.86. The van der Waals surface area contributed by atoms with Gasteiger partial charge in [0, 0.05) is 38.3 Å². The molecule has 6 heteroatoms. The molecule has 3 aliphatic carbocycles. The first kappa shape index (κ1) is 17.1. The minimum atomic E-state index is -0.693. The minimum Gasteiger partial charge on any atom is -0.481 e. The van der Waals surface area contributed by atoms with Crippen molar-refractivity contribution in [2.24, 2.45) is 17.8 Å². The Morgan fingerprint density at radius 2 is 1.60 bits per heavy atom. The van der Waals surface area contributed by atoms with Crippen LogP contribution >= 0.6 is 0 Å². The smallest absolute Gasteiger partial charge is 0.317 e. The number of amides is 2. The van der Waals surface area contributed by atoms with Crippen molar-refractivity contribution in [3.05, 3.63) is 0 Å². The van der Waals surface area contributed by atoms with Crippen molar-refractivity contribution in [2.45, 2.75) is 63.5 Å². The molecule has 1 aliphatic heterocycles. The van der Waals surface area contributed by atoms with Gasteiger partial charge in [-0.2, -0.15) is 0 Å². The van der Waals surface area contributed by atoms with Gasteiger partial charge in [0.05, 0.1) is 5.92 Å². The summed E-state index contributed by atoms with van der Waals surface area (Å²) in [5, 5.41) is 12.2. The summed E-state index contributed by atoms with van der Waals surface area (Å²) in [5.41, 5.74) is 0. The van der Waals surface area contributed by atoms with Gasteiger partial charge in [0.15, 0.2) is 0 Å². The van der Waals surface area contributed by atoms with E-state index in [9.17, 15) is 9.59 Å². The molecule has 4 rings (SSSR count). The number of fused-ring (bicyclic) bond motifs is 2. The normalized spacial score (nSPS) is 38.7. The van der Waals surface area contributed by atoms with Crippen LogP contribution in [0.3, 0.4) is 0 Å². The highest BCUT2D eigenvalue weighted by atomic mass is 16.4. The maximum absolute atomic E-state index is 12.5. The largest absolute Gasteiger partial charge is 0.481 e. The lowest BCUT2D eigenvalue weighted by molar-refractivity contribution is -0.142. The minimum absolute atomic E-state index is 0.0476. The zero-order valence-corrected chi connectivity index (χ0v) is 15.0. The first-order valence-corrected chi connectivity index (χ1v) is 10.1. The Morgan fingerprint density at radius 1 is 0.880 bits per heavy atom. The molecule has 2 amide bonds. The number of hydrogen-bond donors (Lipinski definition) is 2. The monoisotopic (exact) mass is 349 g/mol. The molecule has 0 radical (unpaired) electrons. The number of carboxylic acids is 1. The van der Waals surface area contributed by atoms with Crippen LogP contribution in [-0.4, -0.2) is 65.2 Å². The van der Waals surface area contributed by atoms with E-state index < -0.39 is 5.97 Å². The van der Waals surface area contributed by atoms with Crippen molar-refractivity contribution in [3.8, 4) is 0 Å². The fourth-order valence-corrected chi connectivity index (χ4v) is 5.67. The lowest BCUT2D eigenvalue weighted by Gasteiger charge is -2.41. The van der Waals surface area contributed by atoms with Crippen LogP contribution in [0.5, 0.6) is 0 Å². The Balaban J connectivity index is 1.20. The predicted molar refractivity (Wildman–Crippen MR) is 94.3 cm³/mol. The van der Waals surface area contributed by atoms with E-state index in [0.717, 1.165) is 56.9 Å². The summed E-state index contributed by atoms with van der Waals surface area (Å²) >= 11 is 0.